The number of hydrogen-bond donors (Lipinski definition) is 1. The zero-order valence-corrected chi connectivity index (χ0v) is 13.6. The second kappa shape index (κ2) is 6.29. The number of rotatable bonds is 3. The first-order valence-electron chi connectivity index (χ1n) is 5.22. The van der Waals surface area contributed by atoms with Crippen LogP contribution in [0.5, 0.6) is 0 Å². The molecule has 1 N–H and O–H groups in total. The number of aromatic nitrogens is 2. The van der Waals surface area contributed by atoms with Gasteiger partial charge in [0.1, 0.15) is 17.7 Å². The van der Waals surface area contributed by atoms with Gasteiger partial charge in [-0.05, 0) is 40.8 Å². The fourth-order valence-electron chi connectivity index (χ4n) is 1.41. The maximum absolute atomic E-state index is 11.6. The summed E-state index contributed by atoms with van der Waals surface area (Å²) < 4.78 is 6.64. The molecule has 0 bridgehead atoms. The largest absolute Gasteiger partial charge is 0.465 e. The molecule has 0 spiro atoms. The van der Waals surface area contributed by atoms with E-state index in [9.17, 15) is 4.79 Å². The van der Waals surface area contributed by atoms with Crippen LogP contribution in [0.15, 0.2) is 35.2 Å². The van der Waals surface area contributed by atoms with Crippen molar-refractivity contribution >= 4 is 56.0 Å². The van der Waals surface area contributed by atoms with Crippen molar-refractivity contribution in [2.75, 3.05) is 12.4 Å². The summed E-state index contributed by atoms with van der Waals surface area (Å²) in [5.41, 5.74) is 1.14. The minimum atomic E-state index is -0.479. The van der Waals surface area contributed by atoms with Crippen LogP contribution in [0.2, 0.25) is 0 Å². The Morgan fingerprint density at radius 2 is 2.26 bits per heavy atom. The van der Waals surface area contributed by atoms with Crippen molar-refractivity contribution in [3.05, 3.63) is 44.3 Å². The molecule has 1 aromatic heterocycles. The Labute approximate surface area is 132 Å². The molecular weight excluding hydrogens is 425 g/mol. The first kappa shape index (κ1) is 14.2. The summed E-state index contributed by atoms with van der Waals surface area (Å²) in [7, 11) is 1.32. The minimum Gasteiger partial charge on any atom is -0.465 e. The van der Waals surface area contributed by atoms with Gasteiger partial charge in [-0.15, -0.1) is 0 Å². The van der Waals surface area contributed by atoms with Gasteiger partial charge in [-0.1, -0.05) is 15.9 Å². The van der Waals surface area contributed by atoms with Crippen LogP contribution in [0.1, 0.15) is 10.4 Å². The summed E-state index contributed by atoms with van der Waals surface area (Å²) in [6.07, 6.45) is 2.80. The number of nitrogens with zero attached hydrogens (tertiary/aromatic N) is 2. The third kappa shape index (κ3) is 3.41. The summed E-state index contributed by atoms with van der Waals surface area (Å²) in [5.74, 6) is -0.0639. The Hall–Kier alpha value is -1.22. The molecule has 19 heavy (non-hydrogen) atoms. The number of ether oxygens (including phenoxy) is 1. The molecule has 0 saturated carbocycles. The Bertz CT molecular complexity index is 622. The molecule has 0 aliphatic heterocycles. The normalized spacial score (nSPS) is 10.1. The Morgan fingerprint density at radius 1 is 1.47 bits per heavy atom. The molecule has 0 aliphatic carbocycles. The number of esters is 1. The number of methoxy groups -OCH3 is 1. The van der Waals surface area contributed by atoms with Gasteiger partial charge in [-0.25, -0.2) is 14.8 Å². The number of hydrogen-bond acceptors (Lipinski definition) is 5. The van der Waals surface area contributed by atoms with E-state index in [0.717, 1.165) is 13.7 Å². The number of anilines is 2. The maximum atomic E-state index is 11.6. The second-order valence-corrected chi connectivity index (χ2v) is 5.60. The van der Waals surface area contributed by atoms with Crippen LogP contribution in [-0.2, 0) is 4.74 Å². The Balaban J connectivity index is 2.38. The Kier molecular flexibility index (Phi) is 4.70. The summed E-state index contributed by atoms with van der Waals surface area (Å²) in [5, 5.41) is 3.11. The molecule has 1 aromatic carbocycles. The first-order chi connectivity index (χ1) is 9.11. The quantitative estimate of drug-likeness (QED) is 0.593. The van der Waals surface area contributed by atoms with Crippen molar-refractivity contribution in [1.29, 1.82) is 0 Å². The van der Waals surface area contributed by atoms with E-state index >= 15 is 0 Å². The molecule has 98 valence electrons. The monoisotopic (exact) mass is 433 g/mol. The predicted molar refractivity (Wildman–Crippen MR) is 83.5 cm³/mol. The van der Waals surface area contributed by atoms with Crippen molar-refractivity contribution in [3.63, 3.8) is 0 Å². The van der Waals surface area contributed by atoms with Crippen LogP contribution in [-0.4, -0.2) is 23.0 Å². The van der Waals surface area contributed by atoms with Gasteiger partial charge < -0.3 is 10.1 Å². The fourth-order valence-corrected chi connectivity index (χ4v) is 2.24. The van der Waals surface area contributed by atoms with Crippen molar-refractivity contribution < 1.29 is 9.53 Å². The van der Waals surface area contributed by atoms with E-state index in [1.165, 1.54) is 19.6 Å². The van der Waals surface area contributed by atoms with Gasteiger partial charge in [0.2, 0.25) is 0 Å². The van der Waals surface area contributed by atoms with Crippen LogP contribution < -0.4 is 5.32 Å². The van der Waals surface area contributed by atoms with Crippen LogP contribution in [0.4, 0.5) is 11.5 Å². The van der Waals surface area contributed by atoms with E-state index in [0.29, 0.717) is 11.4 Å². The van der Waals surface area contributed by atoms with Crippen molar-refractivity contribution in [3.8, 4) is 0 Å². The van der Waals surface area contributed by atoms with E-state index < -0.39 is 5.97 Å². The Morgan fingerprint density at radius 3 is 3.00 bits per heavy atom. The van der Waals surface area contributed by atoms with E-state index in [1.807, 2.05) is 18.2 Å². The molecule has 0 atom stereocenters. The molecule has 0 aliphatic rings. The summed E-state index contributed by atoms with van der Waals surface area (Å²) in [4.78, 5) is 19.5. The van der Waals surface area contributed by atoms with Gasteiger partial charge in [0.05, 0.1) is 12.8 Å². The smallest absolute Gasteiger partial charge is 0.343 e. The van der Waals surface area contributed by atoms with E-state index in [4.69, 9.17) is 4.74 Å². The standard InChI is InChI=1S/C12H9BrIN3O2/c1-19-12(18)8-5-15-6-16-11(8)17-10-4-7(13)2-3-9(10)14/h2-6H,1H3,(H,15,16,17). The molecule has 1 heterocycles. The highest BCUT2D eigenvalue weighted by molar-refractivity contribution is 14.1. The minimum absolute atomic E-state index is 0.292. The number of carbonyl (C=O) groups excluding carboxylic acids is 1. The topological polar surface area (TPSA) is 64.1 Å². The molecule has 0 amide bonds. The first-order valence-corrected chi connectivity index (χ1v) is 7.09. The summed E-state index contributed by atoms with van der Waals surface area (Å²) in [6, 6.07) is 5.80. The third-order valence-corrected chi connectivity index (χ3v) is 3.73. The highest BCUT2D eigenvalue weighted by Gasteiger charge is 2.14. The van der Waals surface area contributed by atoms with E-state index in [-0.39, 0.29) is 0 Å². The number of carbonyl (C=O) groups is 1. The molecule has 2 aromatic rings. The average Bonchev–Trinajstić information content (AvgIpc) is 2.42. The second-order valence-electron chi connectivity index (χ2n) is 3.53. The summed E-state index contributed by atoms with van der Waals surface area (Å²) in [6.45, 7) is 0. The number of halogens is 2. The molecule has 0 saturated heterocycles. The number of benzene rings is 1. The van der Waals surface area contributed by atoms with Gasteiger partial charge in [0.15, 0.2) is 0 Å². The molecule has 7 heteroatoms. The predicted octanol–water partition coefficient (Wildman–Crippen LogP) is 3.37. The van der Waals surface area contributed by atoms with Crippen molar-refractivity contribution in [2.45, 2.75) is 0 Å². The van der Waals surface area contributed by atoms with Crippen LogP contribution in [0.25, 0.3) is 0 Å². The summed E-state index contributed by atoms with van der Waals surface area (Å²) >= 11 is 5.60. The van der Waals surface area contributed by atoms with E-state index in [1.54, 1.807) is 0 Å². The van der Waals surface area contributed by atoms with Crippen LogP contribution >= 0.6 is 38.5 Å². The van der Waals surface area contributed by atoms with Gasteiger partial charge in [-0.3, -0.25) is 0 Å². The van der Waals surface area contributed by atoms with Crippen LogP contribution in [0.3, 0.4) is 0 Å². The molecule has 2 rings (SSSR count). The zero-order chi connectivity index (χ0) is 13.8. The maximum Gasteiger partial charge on any atom is 0.343 e. The lowest BCUT2D eigenvalue weighted by Gasteiger charge is -2.10. The van der Waals surface area contributed by atoms with Gasteiger partial charge in [0, 0.05) is 14.2 Å². The fraction of sp³-hybridized carbons (Fsp3) is 0.0833. The highest BCUT2D eigenvalue weighted by atomic mass is 127. The van der Waals surface area contributed by atoms with E-state index in [2.05, 4.69) is 53.8 Å². The lowest BCUT2D eigenvalue weighted by atomic mass is 10.2. The lowest BCUT2D eigenvalue weighted by Crippen LogP contribution is -2.08. The van der Waals surface area contributed by atoms with Gasteiger partial charge in [-0.2, -0.15) is 0 Å². The van der Waals surface area contributed by atoms with Crippen LogP contribution in [0, 0.1) is 3.57 Å². The third-order valence-electron chi connectivity index (χ3n) is 2.30. The van der Waals surface area contributed by atoms with Crippen molar-refractivity contribution in [1.82, 2.24) is 9.97 Å². The SMILES string of the molecule is COC(=O)c1cncnc1Nc1cc(Br)ccc1I. The van der Waals surface area contributed by atoms with Gasteiger partial charge in [0.25, 0.3) is 0 Å². The molecular formula is C12H9BrIN3O2. The molecule has 0 unspecified atom stereocenters. The lowest BCUT2D eigenvalue weighted by molar-refractivity contribution is 0.0601. The zero-order valence-electron chi connectivity index (χ0n) is 9.85. The average molecular weight is 434 g/mol. The molecule has 0 radical (unpaired) electrons. The molecule has 5 nitrogen and oxygen atoms in total. The highest BCUT2D eigenvalue weighted by Crippen LogP contribution is 2.26. The van der Waals surface area contributed by atoms with Crippen molar-refractivity contribution in [2.24, 2.45) is 0 Å². The van der Waals surface area contributed by atoms with Gasteiger partial charge >= 0.3 is 5.97 Å². The number of nitrogens with one attached hydrogen (secondary N) is 1. The molecule has 0 fully saturated rings.